The third kappa shape index (κ3) is 2.66. The smallest absolute Gasteiger partial charge is 0.270 e. The average Bonchev–Trinajstić information content (AvgIpc) is 2.85. The summed E-state index contributed by atoms with van der Waals surface area (Å²) in [5.41, 5.74) is 1.47. The third-order valence-corrected chi connectivity index (χ3v) is 4.16. The number of hydrogen-bond donors (Lipinski definition) is 1. The second kappa shape index (κ2) is 5.61. The Morgan fingerprint density at radius 1 is 1.25 bits per heavy atom. The van der Waals surface area contributed by atoms with Gasteiger partial charge in [-0.1, -0.05) is 41.9 Å². The molecule has 0 unspecified atom stereocenters. The Hall–Kier alpha value is -1.91. The summed E-state index contributed by atoms with van der Waals surface area (Å²) in [7, 11) is 0. The molecule has 0 aliphatic rings. The molecule has 0 fully saturated rings. The zero-order valence-electron chi connectivity index (χ0n) is 10.5. The van der Waals surface area contributed by atoms with Crippen molar-refractivity contribution in [3.63, 3.8) is 0 Å². The van der Waals surface area contributed by atoms with E-state index < -0.39 is 0 Å². The van der Waals surface area contributed by atoms with Crippen LogP contribution in [0.5, 0.6) is 0 Å². The van der Waals surface area contributed by atoms with Crippen LogP contribution >= 0.6 is 22.9 Å². The Morgan fingerprint density at radius 2 is 2.05 bits per heavy atom. The summed E-state index contributed by atoms with van der Waals surface area (Å²) in [5, 5.41) is 3.68. The summed E-state index contributed by atoms with van der Waals surface area (Å²) in [6.45, 7) is 0.482. The molecule has 0 saturated heterocycles. The van der Waals surface area contributed by atoms with E-state index in [1.807, 2.05) is 36.4 Å². The van der Waals surface area contributed by atoms with Gasteiger partial charge in [-0.2, -0.15) is 0 Å². The molecule has 0 saturated carbocycles. The fourth-order valence-electron chi connectivity index (χ4n) is 1.97. The fourth-order valence-corrected chi connectivity index (χ4v) is 3.11. The van der Waals surface area contributed by atoms with Crippen LogP contribution in [0.15, 0.2) is 48.7 Å². The molecule has 0 aliphatic carbocycles. The number of carbonyl (C=O) groups is 1. The van der Waals surface area contributed by atoms with Crippen molar-refractivity contribution in [3.05, 3.63) is 64.3 Å². The van der Waals surface area contributed by atoms with Crippen LogP contribution in [0.2, 0.25) is 4.34 Å². The highest BCUT2D eigenvalue weighted by Gasteiger charge is 2.13. The lowest BCUT2D eigenvalue weighted by Gasteiger charge is -2.05. The lowest BCUT2D eigenvalue weighted by atomic mass is 10.2. The van der Waals surface area contributed by atoms with Crippen LogP contribution < -0.4 is 5.32 Å². The molecule has 3 rings (SSSR count). The monoisotopic (exact) mass is 302 g/mol. The highest BCUT2D eigenvalue weighted by Crippen LogP contribution is 2.30. The van der Waals surface area contributed by atoms with Crippen molar-refractivity contribution < 1.29 is 4.79 Å². The maximum atomic E-state index is 12.2. The van der Waals surface area contributed by atoms with Gasteiger partial charge in [0, 0.05) is 22.8 Å². The van der Waals surface area contributed by atoms with E-state index >= 15 is 0 Å². The van der Waals surface area contributed by atoms with Crippen molar-refractivity contribution in [2.24, 2.45) is 0 Å². The van der Waals surface area contributed by atoms with E-state index in [4.69, 9.17) is 11.6 Å². The van der Waals surface area contributed by atoms with E-state index in [1.165, 1.54) is 11.3 Å². The van der Waals surface area contributed by atoms with Gasteiger partial charge >= 0.3 is 0 Å². The molecule has 5 heteroatoms. The van der Waals surface area contributed by atoms with E-state index in [0.29, 0.717) is 16.6 Å². The molecule has 2 heterocycles. The molecule has 1 N–H and O–H groups in total. The molecule has 3 aromatic rings. The van der Waals surface area contributed by atoms with Crippen LogP contribution in [0.25, 0.3) is 10.1 Å². The topological polar surface area (TPSA) is 42.0 Å². The van der Waals surface area contributed by atoms with E-state index in [-0.39, 0.29) is 5.91 Å². The van der Waals surface area contributed by atoms with Gasteiger partial charge in [0.15, 0.2) is 0 Å². The first kappa shape index (κ1) is 13.1. The Labute approximate surface area is 125 Å². The van der Waals surface area contributed by atoms with Gasteiger partial charge in [0.2, 0.25) is 0 Å². The van der Waals surface area contributed by atoms with Crippen molar-refractivity contribution >= 4 is 38.9 Å². The zero-order valence-corrected chi connectivity index (χ0v) is 12.0. The van der Waals surface area contributed by atoms with Crippen LogP contribution in [0.1, 0.15) is 16.1 Å². The summed E-state index contributed by atoms with van der Waals surface area (Å²) in [5.74, 6) is -0.186. The molecule has 0 atom stereocenters. The minimum absolute atomic E-state index is 0.186. The van der Waals surface area contributed by atoms with Crippen molar-refractivity contribution in [1.29, 1.82) is 0 Å². The molecular formula is C15H11ClN2OS. The number of amides is 1. The van der Waals surface area contributed by atoms with Crippen molar-refractivity contribution in [2.45, 2.75) is 6.54 Å². The van der Waals surface area contributed by atoms with Gasteiger partial charge in [0.05, 0.1) is 4.34 Å². The van der Waals surface area contributed by atoms with Crippen LogP contribution in [0.3, 0.4) is 0 Å². The number of nitrogens with one attached hydrogen (secondary N) is 1. The Balaban J connectivity index is 1.82. The minimum atomic E-state index is -0.186. The van der Waals surface area contributed by atoms with E-state index in [0.717, 1.165) is 15.6 Å². The molecular weight excluding hydrogens is 292 g/mol. The van der Waals surface area contributed by atoms with Crippen molar-refractivity contribution in [2.75, 3.05) is 0 Å². The van der Waals surface area contributed by atoms with Gasteiger partial charge in [-0.25, -0.2) is 0 Å². The van der Waals surface area contributed by atoms with Crippen molar-refractivity contribution in [1.82, 2.24) is 10.3 Å². The van der Waals surface area contributed by atoms with Gasteiger partial charge in [0.25, 0.3) is 5.91 Å². The standard InChI is InChI=1S/C15H11ClN2OS/c16-13-8-11-12(20-13)6-7-17-14(11)15(19)18-9-10-4-2-1-3-5-10/h1-8H,9H2,(H,18,19). The summed E-state index contributed by atoms with van der Waals surface area (Å²) in [6, 6.07) is 13.4. The maximum absolute atomic E-state index is 12.2. The zero-order chi connectivity index (χ0) is 13.9. The molecule has 0 radical (unpaired) electrons. The molecule has 1 amide bonds. The number of thiophene rings is 1. The number of hydrogen-bond acceptors (Lipinski definition) is 3. The minimum Gasteiger partial charge on any atom is -0.347 e. The van der Waals surface area contributed by atoms with Gasteiger partial charge in [-0.15, -0.1) is 11.3 Å². The number of nitrogens with zero attached hydrogens (tertiary/aromatic N) is 1. The Morgan fingerprint density at radius 3 is 2.85 bits per heavy atom. The normalized spacial score (nSPS) is 10.7. The number of rotatable bonds is 3. The molecule has 0 bridgehead atoms. The van der Waals surface area contributed by atoms with Crippen LogP contribution in [-0.2, 0) is 6.54 Å². The lowest BCUT2D eigenvalue weighted by molar-refractivity contribution is 0.0948. The number of aromatic nitrogens is 1. The van der Waals surface area contributed by atoms with E-state index in [9.17, 15) is 4.79 Å². The molecule has 3 nitrogen and oxygen atoms in total. The Bertz CT molecular complexity index is 755. The predicted molar refractivity (Wildman–Crippen MR) is 82.2 cm³/mol. The van der Waals surface area contributed by atoms with Crippen LogP contribution in [-0.4, -0.2) is 10.9 Å². The molecule has 0 spiro atoms. The van der Waals surface area contributed by atoms with Gasteiger partial charge in [0.1, 0.15) is 5.69 Å². The quantitative estimate of drug-likeness (QED) is 0.798. The van der Waals surface area contributed by atoms with E-state index in [2.05, 4.69) is 10.3 Å². The second-order valence-corrected chi connectivity index (χ2v) is 6.01. The van der Waals surface area contributed by atoms with Gasteiger partial charge in [-0.05, 0) is 17.7 Å². The number of pyridine rings is 1. The van der Waals surface area contributed by atoms with Gasteiger partial charge in [-0.3, -0.25) is 9.78 Å². The number of benzene rings is 1. The largest absolute Gasteiger partial charge is 0.347 e. The highest BCUT2D eigenvalue weighted by atomic mass is 35.5. The lowest BCUT2D eigenvalue weighted by Crippen LogP contribution is -2.23. The summed E-state index contributed by atoms with van der Waals surface area (Å²) < 4.78 is 1.62. The number of carbonyl (C=O) groups excluding carboxylic acids is 1. The second-order valence-electron chi connectivity index (χ2n) is 4.29. The predicted octanol–water partition coefficient (Wildman–Crippen LogP) is 3.88. The highest BCUT2D eigenvalue weighted by molar-refractivity contribution is 7.22. The summed E-state index contributed by atoms with van der Waals surface area (Å²) in [6.07, 6.45) is 1.63. The third-order valence-electron chi connectivity index (χ3n) is 2.93. The average molecular weight is 303 g/mol. The first-order valence-corrected chi connectivity index (χ1v) is 7.29. The molecule has 2 aromatic heterocycles. The molecule has 100 valence electrons. The van der Waals surface area contributed by atoms with E-state index in [1.54, 1.807) is 12.3 Å². The number of halogens is 1. The molecule has 0 aliphatic heterocycles. The SMILES string of the molecule is O=C(NCc1ccccc1)c1nccc2sc(Cl)cc12. The fraction of sp³-hybridized carbons (Fsp3) is 0.0667. The number of fused-ring (bicyclic) bond motifs is 1. The molecule has 20 heavy (non-hydrogen) atoms. The summed E-state index contributed by atoms with van der Waals surface area (Å²) >= 11 is 7.44. The van der Waals surface area contributed by atoms with Crippen molar-refractivity contribution in [3.8, 4) is 0 Å². The Kier molecular flexibility index (Phi) is 3.67. The van der Waals surface area contributed by atoms with Gasteiger partial charge < -0.3 is 5.32 Å². The maximum Gasteiger partial charge on any atom is 0.270 e. The van der Waals surface area contributed by atoms with Crippen LogP contribution in [0, 0.1) is 0 Å². The molecule has 1 aromatic carbocycles. The first-order chi connectivity index (χ1) is 9.74. The summed E-state index contributed by atoms with van der Waals surface area (Å²) in [4.78, 5) is 16.4. The van der Waals surface area contributed by atoms with Crippen LogP contribution in [0.4, 0.5) is 0 Å². The first-order valence-electron chi connectivity index (χ1n) is 6.10.